The van der Waals surface area contributed by atoms with Crippen LogP contribution in [0.3, 0.4) is 0 Å². The molecule has 0 bridgehead atoms. The molecule has 0 spiro atoms. The molecule has 0 saturated carbocycles. The van der Waals surface area contributed by atoms with Crippen molar-refractivity contribution in [1.29, 1.82) is 0 Å². The summed E-state index contributed by atoms with van der Waals surface area (Å²) in [5.74, 6) is 0.404. The van der Waals surface area contributed by atoms with E-state index in [0.29, 0.717) is 24.6 Å². The van der Waals surface area contributed by atoms with Gasteiger partial charge in [-0.05, 0) is 35.9 Å². The lowest BCUT2D eigenvalue weighted by Crippen LogP contribution is -2.41. The first-order valence-electron chi connectivity index (χ1n) is 6.72. The number of sulfonamides is 1. The lowest BCUT2D eigenvalue weighted by Gasteiger charge is -2.19. The van der Waals surface area contributed by atoms with Crippen LogP contribution in [-0.2, 0) is 19.3 Å². The molecule has 1 fully saturated rings. The predicted octanol–water partition coefficient (Wildman–Crippen LogP) is -0.391. The molecular weight excluding hydrogens is 309 g/mol. The molecule has 3 rings (SSSR count). The van der Waals surface area contributed by atoms with E-state index in [1.165, 1.54) is 12.1 Å². The Balaban J connectivity index is 1.66. The maximum Gasteiger partial charge on any atom is 0.472 e. The highest BCUT2D eigenvalue weighted by atomic mass is 32.2. The van der Waals surface area contributed by atoms with Gasteiger partial charge in [-0.15, -0.1) is 10.2 Å². The number of aromatic amines is 1. The summed E-state index contributed by atoms with van der Waals surface area (Å²) in [6.07, 6.45) is 0.899. The van der Waals surface area contributed by atoms with Crippen molar-refractivity contribution in [2.24, 2.45) is 0 Å². The normalized spacial score (nSPS) is 15.9. The Hall–Kier alpha value is -1.82. The highest BCUT2D eigenvalue weighted by Crippen LogP contribution is 2.16. The molecule has 0 aliphatic carbocycles. The van der Waals surface area contributed by atoms with Gasteiger partial charge in [-0.1, -0.05) is 0 Å². The number of nitrogens with one attached hydrogen (secondary N) is 2. The zero-order valence-corrected chi connectivity index (χ0v) is 12.4. The van der Waals surface area contributed by atoms with Gasteiger partial charge in [0, 0.05) is 25.2 Å². The van der Waals surface area contributed by atoms with E-state index in [9.17, 15) is 8.42 Å². The first kappa shape index (κ1) is 15.1. The number of aromatic nitrogens is 4. The molecule has 1 aliphatic heterocycles. The maximum atomic E-state index is 12.2. The second-order valence-electron chi connectivity index (χ2n) is 4.64. The van der Waals surface area contributed by atoms with E-state index in [-0.39, 0.29) is 11.3 Å². The molecule has 2 N–H and O–H groups in total. The van der Waals surface area contributed by atoms with Crippen molar-refractivity contribution < 1.29 is 17.7 Å². The second kappa shape index (κ2) is 6.52. The maximum absolute atomic E-state index is 12.2. The number of benzene rings is 1. The molecular formula is C11H14BN5O4S. The van der Waals surface area contributed by atoms with E-state index in [1.54, 1.807) is 12.1 Å². The Labute approximate surface area is 127 Å². The number of hydrogen-bond acceptors (Lipinski definition) is 7. The van der Waals surface area contributed by atoms with Crippen molar-refractivity contribution >= 4 is 17.1 Å². The minimum absolute atomic E-state index is 0.0783. The van der Waals surface area contributed by atoms with Crippen LogP contribution in [0.25, 0.3) is 11.4 Å². The summed E-state index contributed by atoms with van der Waals surface area (Å²) >= 11 is 0. The third-order valence-corrected chi connectivity index (χ3v) is 4.54. The first-order chi connectivity index (χ1) is 10.6. The summed E-state index contributed by atoms with van der Waals surface area (Å²) in [4.78, 5) is 0.149. The van der Waals surface area contributed by atoms with Crippen molar-refractivity contribution in [3.63, 3.8) is 0 Å². The summed E-state index contributed by atoms with van der Waals surface area (Å²) in [6, 6.07) is 6.20. The molecule has 11 heteroatoms. The third kappa shape index (κ3) is 3.50. The smallest absolute Gasteiger partial charge is 0.410 e. The number of tetrazole rings is 1. The molecule has 1 aromatic heterocycles. The van der Waals surface area contributed by atoms with Crippen molar-refractivity contribution in [1.82, 2.24) is 25.3 Å². The van der Waals surface area contributed by atoms with Gasteiger partial charge in [0.05, 0.1) is 4.90 Å². The standard InChI is InChI=1S/C11H14BN5O4S/c18-22(19,13-8-12-20-6-1-7-21-12)10-4-2-9(3-5-10)11-14-16-17-15-11/h2-5,13H,1,6-8H2,(H,14,15,16,17). The Kier molecular flexibility index (Phi) is 4.48. The Morgan fingerprint density at radius 2 is 1.95 bits per heavy atom. The number of H-pyrrole nitrogens is 1. The number of nitrogens with zero attached hydrogens (tertiary/aromatic N) is 3. The molecule has 1 saturated heterocycles. The Bertz CT molecular complexity index is 701. The van der Waals surface area contributed by atoms with E-state index in [1.807, 2.05) is 0 Å². The topological polar surface area (TPSA) is 119 Å². The fourth-order valence-electron chi connectivity index (χ4n) is 1.98. The van der Waals surface area contributed by atoms with Crippen LogP contribution in [0.15, 0.2) is 29.2 Å². The molecule has 22 heavy (non-hydrogen) atoms. The van der Waals surface area contributed by atoms with Gasteiger partial charge in [0.15, 0.2) is 0 Å². The van der Waals surface area contributed by atoms with Gasteiger partial charge >= 0.3 is 7.12 Å². The van der Waals surface area contributed by atoms with E-state index in [2.05, 4.69) is 25.3 Å². The molecule has 0 amide bonds. The summed E-state index contributed by atoms with van der Waals surface area (Å²) in [5.41, 5.74) is 0.673. The first-order valence-corrected chi connectivity index (χ1v) is 8.20. The number of rotatable bonds is 5. The van der Waals surface area contributed by atoms with Crippen molar-refractivity contribution in [2.75, 3.05) is 19.7 Å². The summed E-state index contributed by atoms with van der Waals surface area (Å²) < 4.78 is 37.5. The van der Waals surface area contributed by atoms with E-state index >= 15 is 0 Å². The van der Waals surface area contributed by atoms with Crippen molar-refractivity contribution in [3.05, 3.63) is 24.3 Å². The van der Waals surface area contributed by atoms with Gasteiger partial charge in [-0.25, -0.2) is 13.1 Å². The average Bonchev–Trinajstić information content (AvgIpc) is 3.09. The molecule has 0 radical (unpaired) electrons. The van der Waals surface area contributed by atoms with Crippen LogP contribution >= 0.6 is 0 Å². The minimum atomic E-state index is -3.62. The Morgan fingerprint density at radius 1 is 1.23 bits per heavy atom. The van der Waals surface area contributed by atoms with Crippen LogP contribution in [0.1, 0.15) is 6.42 Å². The van der Waals surface area contributed by atoms with Crippen LogP contribution in [0.4, 0.5) is 0 Å². The zero-order chi connectivity index (χ0) is 15.4. The van der Waals surface area contributed by atoms with Gasteiger partial charge in [-0.3, -0.25) is 0 Å². The highest BCUT2D eigenvalue weighted by molar-refractivity contribution is 7.89. The highest BCUT2D eigenvalue weighted by Gasteiger charge is 2.25. The average molecular weight is 323 g/mol. The van der Waals surface area contributed by atoms with Gasteiger partial charge in [0.2, 0.25) is 15.8 Å². The SMILES string of the molecule is O=S(=O)(NCB1OCCCO1)c1ccc(-c2nn[nH]n2)cc1. The minimum Gasteiger partial charge on any atom is -0.410 e. The van der Waals surface area contributed by atoms with Gasteiger partial charge < -0.3 is 9.31 Å². The molecule has 2 heterocycles. The van der Waals surface area contributed by atoms with Crippen LogP contribution in [0.5, 0.6) is 0 Å². The van der Waals surface area contributed by atoms with Crippen molar-refractivity contribution in [3.8, 4) is 11.4 Å². The molecule has 9 nitrogen and oxygen atoms in total. The molecule has 116 valence electrons. The zero-order valence-electron chi connectivity index (χ0n) is 11.6. The lowest BCUT2D eigenvalue weighted by molar-refractivity contribution is 0.134. The summed E-state index contributed by atoms with van der Waals surface area (Å²) in [6.45, 7) is 1.15. The fraction of sp³-hybridized carbons (Fsp3) is 0.364. The van der Waals surface area contributed by atoms with E-state index in [4.69, 9.17) is 9.31 Å². The summed E-state index contributed by atoms with van der Waals surface area (Å²) in [7, 11) is -4.16. The quantitative estimate of drug-likeness (QED) is 0.719. The Morgan fingerprint density at radius 3 is 2.59 bits per heavy atom. The third-order valence-electron chi connectivity index (χ3n) is 3.10. The van der Waals surface area contributed by atoms with E-state index < -0.39 is 17.1 Å². The van der Waals surface area contributed by atoms with Crippen LogP contribution < -0.4 is 4.72 Å². The molecule has 1 aliphatic rings. The lowest BCUT2D eigenvalue weighted by atomic mass is 9.90. The fourth-order valence-corrected chi connectivity index (χ4v) is 3.00. The molecule has 0 atom stereocenters. The van der Waals surface area contributed by atoms with Crippen molar-refractivity contribution in [2.45, 2.75) is 11.3 Å². The van der Waals surface area contributed by atoms with Crippen LogP contribution in [0, 0.1) is 0 Å². The van der Waals surface area contributed by atoms with Gasteiger partial charge in [-0.2, -0.15) is 5.21 Å². The largest absolute Gasteiger partial charge is 0.472 e. The van der Waals surface area contributed by atoms with Crippen LogP contribution in [0.2, 0.25) is 0 Å². The molecule has 1 aromatic carbocycles. The number of hydrogen-bond donors (Lipinski definition) is 2. The van der Waals surface area contributed by atoms with Gasteiger partial charge in [0.25, 0.3) is 0 Å². The van der Waals surface area contributed by atoms with Gasteiger partial charge in [0.1, 0.15) is 0 Å². The summed E-state index contributed by atoms with van der Waals surface area (Å²) in [5, 5.41) is 13.5. The monoisotopic (exact) mass is 323 g/mol. The predicted molar refractivity (Wildman–Crippen MR) is 77.1 cm³/mol. The second-order valence-corrected chi connectivity index (χ2v) is 6.40. The molecule has 0 unspecified atom stereocenters. The molecule has 2 aromatic rings. The van der Waals surface area contributed by atoms with E-state index in [0.717, 1.165) is 6.42 Å². The van der Waals surface area contributed by atoms with Crippen LogP contribution in [-0.4, -0.2) is 55.8 Å².